The number of benzene rings is 1. The molecular formula is C19H27N3O2S. The van der Waals surface area contributed by atoms with Crippen LogP contribution in [0.1, 0.15) is 52.9 Å². The summed E-state index contributed by atoms with van der Waals surface area (Å²) in [5.41, 5.74) is 0.940. The van der Waals surface area contributed by atoms with E-state index < -0.39 is 5.41 Å². The van der Waals surface area contributed by atoms with Crippen molar-refractivity contribution in [2.75, 3.05) is 10.6 Å². The number of hydrogen-bond acceptors (Lipinski definition) is 3. The van der Waals surface area contributed by atoms with Crippen LogP contribution in [0.4, 0.5) is 11.4 Å². The van der Waals surface area contributed by atoms with Crippen molar-refractivity contribution in [3.63, 3.8) is 0 Å². The van der Waals surface area contributed by atoms with E-state index in [4.69, 9.17) is 12.2 Å². The second-order valence-corrected chi connectivity index (χ2v) is 8.05. The van der Waals surface area contributed by atoms with Crippen molar-refractivity contribution in [3.8, 4) is 0 Å². The SMILES string of the molecule is CC(C)(C)C(=O)Nc1cccc(NC(=S)NC(=O)CC2CCCC2)c1. The van der Waals surface area contributed by atoms with Crippen LogP contribution in [0, 0.1) is 11.3 Å². The van der Waals surface area contributed by atoms with Gasteiger partial charge in [0.25, 0.3) is 0 Å². The maximum atomic E-state index is 12.1. The van der Waals surface area contributed by atoms with E-state index in [1.54, 1.807) is 6.07 Å². The minimum Gasteiger partial charge on any atom is -0.332 e. The highest BCUT2D eigenvalue weighted by Gasteiger charge is 2.21. The van der Waals surface area contributed by atoms with E-state index in [0.29, 0.717) is 18.0 Å². The number of amides is 2. The molecule has 0 spiro atoms. The maximum absolute atomic E-state index is 12.1. The van der Waals surface area contributed by atoms with Gasteiger partial charge in [0.05, 0.1) is 0 Å². The van der Waals surface area contributed by atoms with Gasteiger partial charge in [0.15, 0.2) is 5.11 Å². The highest BCUT2D eigenvalue weighted by molar-refractivity contribution is 7.80. The summed E-state index contributed by atoms with van der Waals surface area (Å²) in [6, 6.07) is 7.27. The zero-order valence-corrected chi connectivity index (χ0v) is 16.0. The Morgan fingerprint density at radius 2 is 1.72 bits per heavy atom. The van der Waals surface area contributed by atoms with E-state index in [0.717, 1.165) is 18.5 Å². The first-order valence-electron chi connectivity index (χ1n) is 8.76. The lowest BCUT2D eigenvalue weighted by atomic mass is 9.95. The summed E-state index contributed by atoms with van der Waals surface area (Å²) in [4.78, 5) is 24.1. The fraction of sp³-hybridized carbons (Fsp3) is 0.526. The summed E-state index contributed by atoms with van der Waals surface area (Å²) in [7, 11) is 0. The van der Waals surface area contributed by atoms with Gasteiger partial charge in [0.2, 0.25) is 11.8 Å². The van der Waals surface area contributed by atoms with E-state index in [1.165, 1.54) is 12.8 Å². The van der Waals surface area contributed by atoms with Gasteiger partial charge in [-0.1, -0.05) is 39.7 Å². The van der Waals surface area contributed by atoms with E-state index in [-0.39, 0.29) is 16.9 Å². The van der Waals surface area contributed by atoms with Crippen LogP contribution >= 0.6 is 12.2 Å². The molecule has 2 amide bonds. The summed E-state index contributed by atoms with van der Waals surface area (Å²) >= 11 is 5.21. The molecule has 5 nitrogen and oxygen atoms in total. The van der Waals surface area contributed by atoms with Gasteiger partial charge in [-0.3, -0.25) is 9.59 Å². The third kappa shape index (κ3) is 6.46. The average Bonchev–Trinajstić information content (AvgIpc) is 2.99. The van der Waals surface area contributed by atoms with Gasteiger partial charge in [0, 0.05) is 23.2 Å². The molecule has 0 aliphatic heterocycles. The first-order chi connectivity index (χ1) is 11.7. The Morgan fingerprint density at radius 3 is 2.32 bits per heavy atom. The molecule has 136 valence electrons. The Hall–Kier alpha value is -1.95. The topological polar surface area (TPSA) is 70.2 Å². The van der Waals surface area contributed by atoms with E-state index in [1.807, 2.05) is 39.0 Å². The van der Waals surface area contributed by atoms with Gasteiger partial charge in [-0.15, -0.1) is 0 Å². The second-order valence-electron chi connectivity index (χ2n) is 7.64. The molecule has 0 bridgehead atoms. The van der Waals surface area contributed by atoms with Gasteiger partial charge < -0.3 is 16.0 Å². The van der Waals surface area contributed by atoms with Crippen LogP contribution < -0.4 is 16.0 Å². The van der Waals surface area contributed by atoms with Crippen LogP contribution in [0.2, 0.25) is 0 Å². The molecule has 0 unspecified atom stereocenters. The van der Waals surface area contributed by atoms with Crippen LogP contribution in [-0.2, 0) is 9.59 Å². The quantitative estimate of drug-likeness (QED) is 0.707. The number of thiocarbonyl (C=S) groups is 1. The predicted octanol–water partition coefficient (Wildman–Crippen LogP) is 4.06. The third-order valence-corrected chi connectivity index (χ3v) is 4.47. The molecule has 25 heavy (non-hydrogen) atoms. The molecule has 1 aromatic carbocycles. The molecule has 3 N–H and O–H groups in total. The number of rotatable bonds is 4. The van der Waals surface area contributed by atoms with E-state index in [2.05, 4.69) is 16.0 Å². The lowest BCUT2D eigenvalue weighted by Gasteiger charge is -2.18. The van der Waals surface area contributed by atoms with Gasteiger partial charge in [0.1, 0.15) is 0 Å². The Bertz CT molecular complexity index is 646. The minimum atomic E-state index is -0.465. The fourth-order valence-corrected chi connectivity index (χ4v) is 3.04. The Morgan fingerprint density at radius 1 is 1.12 bits per heavy atom. The molecule has 0 atom stereocenters. The Kier molecular flexibility index (Phi) is 6.53. The molecule has 0 saturated heterocycles. The Labute approximate surface area is 155 Å². The summed E-state index contributed by atoms with van der Waals surface area (Å²) in [6.45, 7) is 5.58. The van der Waals surface area contributed by atoms with Gasteiger partial charge in [-0.05, 0) is 49.2 Å². The van der Waals surface area contributed by atoms with Crippen molar-refractivity contribution in [2.45, 2.75) is 52.9 Å². The van der Waals surface area contributed by atoms with E-state index >= 15 is 0 Å². The second kappa shape index (κ2) is 8.43. The van der Waals surface area contributed by atoms with Crippen LogP contribution in [0.25, 0.3) is 0 Å². The number of nitrogens with one attached hydrogen (secondary N) is 3. The lowest BCUT2D eigenvalue weighted by molar-refractivity contribution is -0.123. The Balaban J connectivity index is 1.87. The lowest BCUT2D eigenvalue weighted by Crippen LogP contribution is -2.35. The van der Waals surface area contributed by atoms with Crippen molar-refractivity contribution in [3.05, 3.63) is 24.3 Å². The molecule has 1 aromatic rings. The predicted molar refractivity (Wildman–Crippen MR) is 105 cm³/mol. The van der Waals surface area contributed by atoms with Crippen LogP contribution in [-0.4, -0.2) is 16.9 Å². The molecule has 1 aliphatic carbocycles. The first kappa shape index (κ1) is 19.4. The van der Waals surface area contributed by atoms with E-state index in [9.17, 15) is 9.59 Å². The largest absolute Gasteiger partial charge is 0.332 e. The molecule has 6 heteroatoms. The van der Waals surface area contributed by atoms with Crippen molar-refractivity contribution in [2.24, 2.45) is 11.3 Å². The van der Waals surface area contributed by atoms with Crippen molar-refractivity contribution >= 4 is 40.5 Å². The third-order valence-electron chi connectivity index (χ3n) is 4.26. The molecule has 0 heterocycles. The number of carbonyl (C=O) groups excluding carboxylic acids is 2. The maximum Gasteiger partial charge on any atom is 0.229 e. The smallest absolute Gasteiger partial charge is 0.229 e. The van der Waals surface area contributed by atoms with Crippen molar-refractivity contribution < 1.29 is 9.59 Å². The molecular weight excluding hydrogens is 334 g/mol. The highest BCUT2D eigenvalue weighted by atomic mass is 32.1. The number of anilines is 2. The summed E-state index contributed by atoms with van der Waals surface area (Å²) in [5.74, 6) is 0.387. The van der Waals surface area contributed by atoms with Gasteiger partial charge >= 0.3 is 0 Å². The van der Waals surface area contributed by atoms with Crippen molar-refractivity contribution in [1.29, 1.82) is 0 Å². The molecule has 1 saturated carbocycles. The molecule has 1 fully saturated rings. The van der Waals surface area contributed by atoms with Gasteiger partial charge in [-0.25, -0.2) is 0 Å². The van der Waals surface area contributed by atoms with Crippen LogP contribution in [0.5, 0.6) is 0 Å². The van der Waals surface area contributed by atoms with Crippen molar-refractivity contribution in [1.82, 2.24) is 5.32 Å². The standard InChI is InChI=1S/C19H27N3O2S/c1-19(2,3)17(24)20-14-9-6-10-15(12-14)21-18(25)22-16(23)11-13-7-4-5-8-13/h6,9-10,12-13H,4-5,7-8,11H2,1-3H3,(H,20,24)(H2,21,22,23,25). The zero-order valence-electron chi connectivity index (χ0n) is 15.1. The van der Waals surface area contributed by atoms with Crippen LogP contribution in [0.15, 0.2) is 24.3 Å². The summed E-state index contributed by atoms with van der Waals surface area (Å²) in [6.07, 6.45) is 5.22. The summed E-state index contributed by atoms with van der Waals surface area (Å²) in [5, 5.41) is 8.89. The molecule has 0 radical (unpaired) electrons. The first-order valence-corrected chi connectivity index (χ1v) is 9.17. The highest BCUT2D eigenvalue weighted by Crippen LogP contribution is 2.27. The molecule has 2 rings (SSSR count). The molecule has 0 aromatic heterocycles. The molecule has 1 aliphatic rings. The minimum absolute atomic E-state index is 0.0402. The van der Waals surface area contributed by atoms with Crippen LogP contribution in [0.3, 0.4) is 0 Å². The normalized spacial score (nSPS) is 14.8. The fourth-order valence-electron chi connectivity index (χ4n) is 2.81. The zero-order chi connectivity index (χ0) is 18.4. The van der Waals surface area contributed by atoms with Gasteiger partial charge in [-0.2, -0.15) is 0 Å². The number of carbonyl (C=O) groups is 2. The summed E-state index contributed by atoms with van der Waals surface area (Å²) < 4.78 is 0. The average molecular weight is 362 g/mol. The number of hydrogen-bond donors (Lipinski definition) is 3. The monoisotopic (exact) mass is 361 g/mol.